The molecule has 0 unspecified atom stereocenters. The van der Waals surface area contributed by atoms with Gasteiger partial charge in [0, 0.05) is 35.8 Å². The number of nitrogens with one attached hydrogen (secondary N) is 2. The molecule has 1 amide bonds. The second-order valence-electron chi connectivity index (χ2n) is 8.31. The summed E-state index contributed by atoms with van der Waals surface area (Å²) in [5.74, 6) is 0.806. The monoisotopic (exact) mass is 523 g/mol. The van der Waals surface area contributed by atoms with Crippen molar-refractivity contribution >= 4 is 22.6 Å². The second-order valence-corrected chi connectivity index (χ2v) is 8.31. The highest BCUT2D eigenvalue weighted by Crippen LogP contribution is 2.31. The standard InChI is InChI=1S/C27H30FN5O5/c1-4-37-24-14-18(5-6-19(24)27(35)32-38-12-11-34)22-15-25(31-16-30-22)29-9-10-33-17(2)13-20-23(36-3)8-7-21(28)26(20)33/h5-8,13-16,34H,4,9-12H2,1-3H3,(H,32,35)(H,29,30,31). The van der Waals surface area contributed by atoms with E-state index in [0.29, 0.717) is 53.8 Å². The molecule has 2 aromatic carbocycles. The summed E-state index contributed by atoms with van der Waals surface area (Å²) >= 11 is 0. The fourth-order valence-electron chi connectivity index (χ4n) is 4.18. The highest BCUT2D eigenvalue weighted by Gasteiger charge is 2.16. The van der Waals surface area contributed by atoms with E-state index in [0.717, 1.165) is 16.6 Å². The van der Waals surface area contributed by atoms with Gasteiger partial charge in [0.05, 0.1) is 43.7 Å². The lowest BCUT2D eigenvalue weighted by atomic mass is 10.1. The first-order valence-corrected chi connectivity index (χ1v) is 12.1. The topological polar surface area (TPSA) is 120 Å². The number of hydrogen-bond acceptors (Lipinski definition) is 8. The minimum Gasteiger partial charge on any atom is -0.496 e. The number of fused-ring (bicyclic) bond motifs is 1. The molecule has 4 rings (SSSR count). The van der Waals surface area contributed by atoms with Crippen LogP contribution in [0.4, 0.5) is 10.2 Å². The van der Waals surface area contributed by atoms with Gasteiger partial charge in [-0.25, -0.2) is 19.8 Å². The third kappa shape index (κ3) is 5.84. The summed E-state index contributed by atoms with van der Waals surface area (Å²) in [7, 11) is 1.57. The van der Waals surface area contributed by atoms with Crippen LogP contribution in [0.1, 0.15) is 23.0 Å². The van der Waals surface area contributed by atoms with Crippen molar-refractivity contribution in [1.29, 1.82) is 0 Å². The molecule has 0 saturated carbocycles. The zero-order valence-electron chi connectivity index (χ0n) is 21.5. The van der Waals surface area contributed by atoms with Gasteiger partial charge in [-0.15, -0.1) is 0 Å². The lowest BCUT2D eigenvalue weighted by molar-refractivity contribution is 0.0166. The summed E-state index contributed by atoms with van der Waals surface area (Å²) in [5.41, 5.74) is 5.35. The summed E-state index contributed by atoms with van der Waals surface area (Å²) in [6.07, 6.45) is 1.45. The number of nitrogens with zero attached hydrogens (tertiary/aromatic N) is 3. The number of benzene rings is 2. The minimum atomic E-state index is -0.486. The Bertz CT molecular complexity index is 1420. The molecule has 4 aromatic rings. The van der Waals surface area contributed by atoms with Crippen LogP contribution in [0.2, 0.25) is 0 Å². The van der Waals surface area contributed by atoms with Crippen LogP contribution >= 0.6 is 0 Å². The van der Waals surface area contributed by atoms with Gasteiger partial charge in [-0.05, 0) is 44.2 Å². The van der Waals surface area contributed by atoms with Crippen LogP contribution in [0.15, 0.2) is 48.8 Å². The molecule has 2 heterocycles. The normalized spacial score (nSPS) is 11.0. The number of amides is 1. The Morgan fingerprint density at radius 1 is 1.13 bits per heavy atom. The van der Waals surface area contributed by atoms with E-state index in [1.54, 1.807) is 37.4 Å². The van der Waals surface area contributed by atoms with Crippen molar-refractivity contribution < 1.29 is 28.6 Å². The fourth-order valence-corrected chi connectivity index (χ4v) is 4.18. The first kappa shape index (κ1) is 26.8. The molecule has 0 aliphatic carbocycles. The molecule has 0 saturated heterocycles. The lowest BCUT2D eigenvalue weighted by Crippen LogP contribution is -2.25. The molecule has 2 aromatic heterocycles. The number of aliphatic hydroxyl groups excluding tert-OH is 1. The first-order chi connectivity index (χ1) is 18.5. The highest BCUT2D eigenvalue weighted by atomic mass is 19.1. The molecule has 38 heavy (non-hydrogen) atoms. The summed E-state index contributed by atoms with van der Waals surface area (Å²) in [6.45, 7) is 4.88. The minimum absolute atomic E-state index is 0.0201. The third-order valence-electron chi connectivity index (χ3n) is 5.89. The van der Waals surface area contributed by atoms with Crippen molar-refractivity contribution in [3.8, 4) is 22.8 Å². The quantitative estimate of drug-likeness (QED) is 0.190. The van der Waals surface area contributed by atoms with Crippen molar-refractivity contribution in [2.45, 2.75) is 20.4 Å². The van der Waals surface area contributed by atoms with E-state index in [2.05, 4.69) is 20.8 Å². The average molecular weight is 524 g/mol. The van der Waals surface area contributed by atoms with Gasteiger partial charge in [0.15, 0.2) is 0 Å². The Morgan fingerprint density at radius 3 is 2.74 bits per heavy atom. The van der Waals surface area contributed by atoms with Crippen molar-refractivity contribution in [1.82, 2.24) is 20.0 Å². The fraction of sp³-hybridized carbons (Fsp3) is 0.296. The lowest BCUT2D eigenvalue weighted by Gasteiger charge is -2.13. The summed E-state index contributed by atoms with van der Waals surface area (Å²) in [5, 5.41) is 12.8. The molecule has 11 heteroatoms. The highest BCUT2D eigenvalue weighted by molar-refractivity contribution is 5.97. The Balaban J connectivity index is 1.49. The molecule has 0 fully saturated rings. The maximum atomic E-state index is 14.6. The van der Waals surface area contributed by atoms with Gasteiger partial charge in [-0.2, -0.15) is 0 Å². The van der Waals surface area contributed by atoms with Gasteiger partial charge in [0.1, 0.15) is 29.5 Å². The molecule has 0 aliphatic rings. The number of methoxy groups -OCH3 is 1. The van der Waals surface area contributed by atoms with Gasteiger partial charge in [0.2, 0.25) is 0 Å². The van der Waals surface area contributed by atoms with Gasteiger partial charge < -0.3 is 24.5 Å². The number of carbonyl (C=O) groups is 1. The predicted molar refractivity (Wildman–Crippen MR) is 141 cm³/mol. The third-order valence-corrected chi connectivity index (χ3v) is 5.89. The van der Waals surface area contributed by atoms with Crippen molar-refractivity contribution in [2.24, 2.45) is 0 Å². The van der Waals surface area contributed by atoms with E-state index in [1.807, 2.05) is 24.5 Å². The summed E-state index contributed by atoms with van der Waals surface area (Å²) in [6, 6.07) is 11.8. The van der Waals surface area contributed by atoms with Crippen LogP contribution in [0, 0.1) is 12.7 Å². The number of hydrogen-bond donors (Lipinski definition) is 3. The Hall–Kier alpha value is -4.22. The van der Waals surface area contributed by atoms with E-state index in [9.17, 15) is 9.18 Å². The number of halogens is 1. The first-order valence-electron chi connectivity index (χ1n) is 12.1. The van der Waals surface area contributed by atoms with Crippen LogP contribution in [0.25, 0.3) is 22.2 Å². The Labute approximate surface area is 219 Å². The molecule has 200 valence electrons. The van der Waals surface area contributed by atoms with E-state index in [1.165, 1.54) is 12.4 Å². The van der Waals surface area contributed by atoms with E-state index < -0.39 is 5.91 Å². The average Bonchev–Trinajstić information content (AvgIpc) is 3.26. The van der Waals surface area contributed by atoms with Gasteiger partial charge in [0.25, 0.3) is 5.91 Å². The van der Waals surface area contributed by atoms with Gasteiger partial charge in [-0.1, -0.05) is 6.07 Å². The molecule has 0 bridgehead atoms. The molecule has 0 aliphatic heterocycles. The van der Waals surface area contributed by atoms with Crippen LogP contribution in [0.3, 0.4) is 0 Å². The maximum Gasteiger partial charge on any atom is 0.278 e. The van der Waals surface area contributed by atoms with Crippen molar-refractivity contribution in [2.75, 3.05) is 38.8 Å². The maximum absolute atomic E-state index is 14.6. The van der Waals surface area contributed by atoms with E-state index in [-0.39, 0.29) is 19.0 Å². The SMILES string of the molecule is CCOc1cc(-c2cc(NCCn3c(C)cc4c(OC)ccc(F)c43)ncn2)ccc1C(=O)NOCCO. The number of hydroxylamine groups is 1. The molecule has 0 radical (unpaired) electrons. The number of anilines is 1. The van der Waals surface area contributed by atoms with Crippen LogP contribution in [-0.4, -0.2) is 59.0 Å². The Morgan fingerprint density at radius 2 is 1.97 bits per heavy atom. The molecule has 0 atom stereocenters. The molecular weight excluding hydrogens is 493 g/mol. The summed E-state index contributed by atoms with van der Waals surface area (Å²) < 4.78 is 27.6. The number of ether oxygens (including phenoxy) is 2. The van der Waals surface area contributed by atoms with Gasteiger partial charge >= 0.3 is 0 Å². The Kier molecular flexibility index (Phi) is 8.72. The van der Waals surface area contributed by atoms with Crippen LogP contribution in [0.5, 0.6) is 11.5 Å². The van der Waals surface area contributed by atoms with Crippen molar-refractivity contribution in [3.05, 3.63) is 65.9 Å². The number of rotatable bonds is 12. The number of aromatic nitrogens is 3. The van der Waals surface area contributed by atoms with E-state index >= 15 is 0 Å². The zero-order valence-corrected chi connectivity index (χ0v) is 21.5. The zero-order chi connectivity index (χ0) is 27.1. The molecule has 0 spiro atoms. The van der Waals surface area contributed by atoms with Crippen LogP contribution in [-0.2, 0) is 11.4 Å². The van der Waals surface area contributed by atoms with Crippen molar-refractivity contribution in [3.63, 3.8) is 0 Å². The number of aliphatic hydroxyl groups is 1. The smallest absolute Gasteiger partial charge is 0.278 e. The number of carbonyl (C=O) groups excluding carboxylic acids is 1. The number of aryl methyl sites for hydroxylation is 1. The largest absolute Gasteiger partial charge is 0.496 e. The molecule has 3 N–H and O–H groups in total. The molecular formula is C27H30FN5O5. The van der Waals surface area contributed by atoms with Gasteiger partial charge in [-0.3, -0.25) is 9.63 Å². The van der Waals surface area contributed by atoms with Crippen LogP contribution < -0.4 is 20.3 Å². The van der Waals surface area contributed by atoms with E-state index in [4.69, 9.17) is 19.4 Å². The predicted octanol–water partition coefficient (Wildman–Crippen LogP) is 3.72. The summed E-state index contributed by atoms with van der Waals surface area (Å²) in [4.78, 5) is 26.0. The molecule has 10 nitrogen and oxygen atoms in total. The second kappa shape index (κ2) is 12.3.